The maximum absolute atomic E-state index is 9.42. The lowest BCUT2D eigenvalue weighted by Crippen LogP contribution is -2.54. The fourth-order valence-corrected chi connectivity index (χ4v) is 2.50. The third kappa shape index (κ3) is 4.81. The molecule has 1 rings (SSSR count). The average Bonchev–Trinajstić information content (AvgIpc) is 2.06. The van der Waals surface area contributed by atoms with Crippen molar-refractivity contribution in [3.05, 3.63) is 0 Å². The van der Waals surface area contributed by atoms with E-state index in [-0.39, 0.29) is 6.10 Å². The van der Waals surface area contributed by atoms with E-state index in [1.165, 1.54) is 6.54 Å². The van der Waals surface area contributed by atoms with E-state index in [4.69, 9.17) is 0 Å². The van der Waals surface area contributed by atoms with Gasteiger partial charge in [-0.15, -0.1) is 0 Å². The van der Waals surface area contributed by atoms with Crippen LogP contribution < -0.4 is 0 Å². The zero-order chi connectivity index (χ0) is 12.3. The van der Waals surface area contributed by atoms with Crippen LogP contribution in [0.15, 0.2) is 0 Å². The van der Waals surface area contributed by atoms with Gasteiger partial charge in [-0.2, -0.15) is 0 Å². The van der Waals surface area contributed by atoms with Gasteiger partial charge < -0.3 is 10.0 Å². The van der Waals surface area contributed by atoms with E-state index in [9.17, 15) is 5.11 Å². The van der Waals surface area contributed by atoms with Crippen molar-refractivity contribution in [1.29, 1.82) is 0 Å². The smallest absolute Gasteiger partial charge is 0.0639 e. The third-order valence-electron chi connectivity index (χ3n) is 3.05. The largest absolute Gasteiger partial charge is 0.392 e. The molecule has 0 aliphatic carbocycles. The summed E-state index contributed by atoms with van der Waals surface area (Å²) in [4.78, 5) is 4.94. The molecule has 3 nitrogen and oxygen atoms in total. The van der Waals surface area contributed by atoms with Crippen LogP contribution >= 0.6 is 0 Å². The Kier molecular flexibility index (Phi) is 4.77. The van der Waals surface area contributed by atoms with Gasteiger partial charge in [-0.25, -0.2) is 0 Å². The van der Waals surface area contributed by atoms with E-state index in [0.29, 0.717) is 11.5 Å². The monoisotopic (exact) mass is 228 g/mol. The summed E-state index contributed by atoms with van der Waals surface area (Å²) < 4.78 is 0. The van der Waals surface area contributed by atoms with E-state index in [1.807, 2.05) is 6.92 Å². The van der Waals surface area contributed by atoms with Crippen LogP contribution in [-0.4, -0.2) is 59.8 Å². The lowest BCUT2D eigenvalue weighted by Gasteiger charge is -2.42. The molecule has 0 saturated carbocycles. The van der Waals surface area contributed by atoms with Gasteiger partial charge in [0, 0.05) is 38.8 Å². The summed E-state index contributed by atoms with van der Waals surface area (Å²) >= 11 is 0. The van der Waals surface area contributed by atoms with Crippen LogP contribution in [0, 0.1) is 5.41 Å². The first-order valence-corrected chi connectivity index (χ1v) is 6.42. The number of hydrogen-bond acceptors (Lipinski definition) is 3. The summed E-state index contributed by atoms with van der Waals surface area (Å²) in [6, 6.07) is 0.561. The lowest BCUT2D eigenvalue weighted by atomic mass is 9.95. The molecule has 0 aromatic heterocycles. The van der Waals surface area contributed by atoms with Crippen LogP contribution in [0.5, 0.6) is 0 Å². The van der Waals surface area contributed by atoms with Gasteiger partial charge in [-0.05, 0) is 19.3 Å². The quantitative estimate of drug-likeness (QED) is 0.791. The van der Waals surface area contributed by atoms with Crippen LogP contribution in [0.4, 0.5) is 0 Å². The minimum Gasteiger partial charge on any atom is -0.392 e. The highest BCUT2D eigenvalue weighted by Gasteiger charge is 2.26. The predicted octanol–water partition coefficient (Wildman–Crippen LogP) is 1.42. The van der Waals surface area contributed by atoms with Crippen molar-refractivity contribution >= 4 is 0 Å². The second kappa shape index (κ2) is 5.48. The van der Waals surface area contributed by atoms with Crippen molar-refractivity contribution < 1.29 is 5.11 Å². The number of aliphatic hydroxyl groups excluding tert-OH is 1. The highest BCUT2D eigenvalue weighted by atomic mass is 16.3. The summed E-state index contributed by atoms with van der Waals surface area (Å²) in [5.74, 6) is 0. The first-order valence-electron chi connectivity index (χ1n) is 6.42. The molecule has 0 amide bonds. The van der Waals surface area contributed by atoms with Crippen LogP contribution in [-0.2, 0) is 0 Å². The summed E-state index contributed by atoms with van der Waals surface area (Å²) in [5.41, 5.74) is 0.381. The lowest BCUT2D eigenvalue weighted by molar-refractivity contribution is 0.0332. The van der Waals surface area contributed by atoms with Crippen molar-refractivity contribution in [2.75, 3.05) is 32.7 Å². The maximum Gasteiger partial charge on any atom is 0.0639 e. The van der Waals surface area contributed by atoms with Crippen LogP contribution in [0.1, 0.15) is 34.6 Å². The van der Waals surface area contributed by atoms with Gasteiger partial charge in [0.1, 0.15) is 0 Å². The molecule has 2 unspecified atom stereocenters. The molecule has 16 heavy (non-hydrogen) atoms. The normalized spacial score (nSPS) is 27.0. The summed E-state index contributed by atoms with van der Waals surface area (Å²) in [6.45, 7) is 16.3. The molecule has 1 saturated heterocycles. The summed E-state index contributed by atoms with van der Waals surface area (Å²) in [5, 5.41) is 9.42. The van der Waals surface area contributed by atoms with Gasteiger partial charge in [0.05, 0.1) is 6.10 Å². The Hall–Kier alpha value is -0.120. The van der Waals surface area contributed by atoms with E-state index in [0.717, 1.165) is 26.2 Å². The molecule has 1 N–H and O–H groups in total. The van der Waals surface area contributed by atoms with Gasteiger partial charge in [-0.3, -0.25) is 4.90 Å². The third-order valence-corrected chi connectivity index (χ3v) is 3.05. The molecule has 1 aliphatic heterocycles. The van der Waals surface area contributed by atoms with E-state index < -0.39 is 0 Å². The zero-order valence-corrected chi connectivity index (χ0v) is 11.5. The Balaban J connectivity index is 2.39. The van der Waals surface area contributed by atoms with Crippen LogP contribution in [0.3, 0.4) is 0 Å². The molecule has 0 aromatic rings. The molecule has 3 heteroatoms. The Morgan fingerprint density at radius 1 is 1.31 bits per heavy atom. The van der Waals surface area contributed by atoms with Crippen molar-refractivity contribution in [1.82, 2.24) is 9.80 Å². The predicted molar refractivity (Wildman–Crippen MR) is 68.6 cm³/mol. The number of aliphatic hydroxyl groups is 1. The number of piperazine rings is 1. The van der Waals surface area contributed by atoms with E-state index in [2.05, 4.69) is 37.5 Å². The molecule has 0 radical (unpaired) electrons. The Morgan fingerprint density at radius 3 is 2.38 bits per heavy atom. The fraction of sp³-hybridized carbons (Fsp3) is 1.00. The number of rotatable bonds is 3. The van der Waals surface area contributed by atoms with Crippen LogP contribution in [0.25, 0.3) is 0 Å². The Morgan fingerprint density at radius 2 is 1.94 bits per heavy atom. The van der Waals surface area contributed by atoms with Crippen molar-refractivity contribution in [3.8, 4) is 0 Å². The number of hydrogen-bond donors (Lipinski definition) is 1. The molecule has 0 bridgehead atoms. The van der Waals surface area contributed by atoms with E-state index in [1.54, 1.807) is 0 Å². The van der Waals surface area contributed by atoms with Crippen LogP contribution in [0.2, 0.25) is 0 Å². The molecule has 1 fully saturated rings. The van der Waals surface area contributed by atoms with Gasteiger partial charge in [-0.1, -0.05) is 20.8 Å². The first-order chi connectivity index (χ1) is 7.28. The van der Waals surface area contributed by atoms with Crippen molar-refractivity contribution in [2.45, 2.75) is 46.8 Å². The molecular formula is C13H28N2O. The first kappa shape index (κ1) is 13.9. The second-order valence-electron chi connectivity index (χ2n) is 6.49. The van der Waals surface area contributed by atoms with Crippen molar-refractivity contribution in [3.63, 3.8) is 0 Å². The zero-order valence-electron chi connectivity index (χ0n) is 11.5. The second-order valence-corrected chi connectivity index (χ2v) is 6.49. The summed E-state index contributed by atoms with van der Waals surface area (Å²) in [7, 11) is 0. The molecule has 1 aliphatic rings. The highest BCUT2D eigenvalue weighted by Crippen LogP contribution is 2.18. The Labute approximate surface area is 100 Å². The molecule has 0 aromatic carbocycles. The summed E-state index contributed by atoms with van der Waals surface area (Å²) in [6.07, 6.45) is -0.211. The van der Waals surface area contributed by atoms with Gasteiger partial charge in [0.25, 0.3) is 0 Å². The maximum atomic E-state index is 9.42. The molecule has 96 valence electrons. The minimum absolute atomic E-state index is 0.211. The fourth-order valence-electron chi connectivity index (χ4n) is 2.50. The van der Waals surface area contributed by atoms with Gasteiger partial charge >= 0.3 is 0 Å². The standard InChI is InChI=1S/C13H28N2O/c1-11-8-14(10-13(3,4)5)6-7-15(11)9-12(2)16/h11-12,16H,6-10H2,1-5H3. The molecule has 2 atom stereocenters. The average molecular weight is 228 g/mol. The number of β-amino-alcohol motifs (C(OH)–C–C–N with tert-alkyl or cyclic N) is 1. The minimum atomic E-state index is -0.211. The highest BCUT2D eigenvalue weighted by molar-refractivity contribution is 4.82. The molecule has 0 spiro atoms. The number of nitrogens with zero attached hydrogens (tertiary/aromatic N) is 2. The Bertz CT molecular complexity index is 210. The van der Waals surface area contributed by atoms with Crippen molar-refractivity contribution in [2.24, 2.45) is 5.41 Å². The molecule has 1 heterocycles. The van der Waals surface area contributed by atoms with E-state index >= 15 is 0 Å². The van der Waals surface area contributed by atoms with Gasteiger partial charge in [0.2, 0.25) is 0 Å². The molecular weight excluding hydrogens is 200 g/mol. The van der Waals surface area contributed by atoms with Gasteiger partial charge in [0.15, 0.2) is 0 Å². The SMILES string of the molecule is CC(O)CN1CCN(CC(C)(C)C)CC1C. The topological polar surface area (TPSA) is 26.7 Å².